The lowest BCUT2D eigenvalue weighted by Crippen LogP contribution is -2.32. The van der Waals surface area contributed by atoms with Gasteiger partial charge in [-0.15, -0.1) is 0 Å². The maximum Gasteiger partial charge on any atom is 0.324 e. The molecule has 2 aromatic rings. The molecule has 2 amide bonds. The van der Waals surface area contributed by atoms with Gasteiger partial charge in [0.05, 0.1) is 27.4 Å². The summed E-state index contributed by atoms with van der Waals surface area (Å²) in [4.78, 5) is 22.9. The number of rotatable bonds is 4. The molecule has 5 N–H and O–H groups in total. The number of phenolic OH excluding ortho intramolecular Hbond substituents is 1. The van der Waals surface area contributed by atoms with Crippen molar-refractivity contribution < 1.29 is 14.8 Å². The van der Waals surface area contributed by atoms with Crippen LogP contribution in [0.3, 0.4) is 0 Å². The van der Waals surface area contributed by atoms with Crippen LogP contribution in [0.2, 0.25) is 5.02 Å². The Morgan fingerprint density at radius 1 is 1.35 bits per heavy atom. The van der Waals surface area contributed by atoms with Crippen molar-refractivity contribution in [3.63, 3.8) is 0 Å². The number of anilines is 2. The largest absolute Gasteiger partial charge is 0.505 e. The molecular weight excluding hydrogens is 324 g/mol. The van der Waals surface area contributed by atoms with Gasteiger partial charge in [0.25, 0.3) is 5.69 Å². The lowest BCUT2D eigenvalue weighted by Gasteiger charge is -2.24. The fraction of sp³-hybridized carbons (Fsp3) is 0.0714. The van der Waals surface area contributed by atoms with E-state index in [1.54, 1.807) is 12.1 Å². The summed E-state index contributed by atoms with van der Waals surface area (Å²) in [6.45, 7) is 0.0768. The molecule has 9 heteroatoms. The monoisotopic (exact) mass is 336 g/mol. The Balaban J connectivity index is 2.66. The SMILES string of the molecule is NCc1cccc(Cl)c1N(C(N)=O)c1ccc([N+](=O)[O-])cc1O. The first-order chi connectivity index (χ1) is 10.9. The smallest absolute Gasteiger partial charge is 0.324 e. The van der Waals surface area contributed by atoms with E-state index in [9.17, 15) is 20.0 Å². The molecule has 0 spiro atoms. The highest BCUT2D eigenvalue weighted by Gasteiger charge is 2.24. The van der Waals surface area contributed by atoms with E-state index in [0.717, 1.165) is 17.0 Å². The number of primary amides is 1. The van der Waals surface area contributed by atoms with Crippen LogP contribution in [0.15, 0.2) is 36.4 Å². The second kappa shape index (κ2) is 6.51. The lowest BCUT2D eigenvalue weighted by molar-refractivity contribution is -0.384. The number of urea groups is 1. The van der Waals surface area contributed by atoms with Crippen LogP contribution in [0, 0.1) is 10.1 Å². The van der Waals surface area contributed by atoms with Crippen molar-refractivity contribution in [3.05, 3.63) is 57.1 Å². The Kier molecular flexibility index (Phi) is 4.68. The Labute approximate surface area is 136 Å². The molecule has 23 heavy (non-hydrogen) atoms. The number of benzene rings is 2. The van der Waals surface area contributed by atoms with E-state index >= 15 is 0 Å². The van der Waals surface area contributed by atoms with Gasteiger partial charge in [-0.1, -0.05) is 23.7 Å². The van der Waals surface area contributed by atoms with Crippen LogP contribution in [0.1, 0.15) is 5.56 Å². The van der Waals surface area contributed by atoms with E-state index in [0.29, 0.717) is 5.56 Å². The molecule has 0 aliphatic carbocycles. The maximum absolute atomic E-state index is 11.9. The minimum absolute atomic E-state index is 0.0362. The lowest BCUT2D eigenvalue weighted by atomic mass is 10.1. The van der Waals surface area contributed by atoms with Gasteiger partial charge in [0.15, 0.2) is 0 Å². The van der Waals surface area contributed by atoms with Gasteiger partial charge >= 0.3 is 6.03 Å². The van der Waals surface area contributed by atoms with E-state index in [2.05, 4.69) is 0 Å². The number of halogens is 1. The van der Waals surface area contributed by atoms with Gasteiger partial charge in [-0.25, -0.2) is 4.79 Å². The summed E-state index contributed by atoms with van der Waals surface area (Å²) in [6.07, 6.45) is 0. The van der Waals surface area contributed by atoms with Crippen LogP contribution in [-0.4, -0.2) is 16.1 Å². The molecule has 0 atom stereocenters. The van der Waals surface area contributed by atoms with Crippen LogP contribution in [0.25, 0.3) is 0 Å². The number of phenols is 1. The number of carbonyl (C=O) groups is 1. The quantitative estimate of drug-likeness (QED) is 0.582. The molecule has 8 nitrogen and oxygen atoms in total. The second-order valence-corrected chi connectivity index (χ2v) is 4.96. The first-order valence-electron chi connectivity index (χ1n) is 6.41. The number of carbonyl (C=O) groups excluding carboxylic acids is 1. The zero-order chi connectivity index (χ0) is 17.1. The zero-order valence-corrected chi connectivity index (χ0v) is 12.5. The number of amides is 2. The molecule has 0 saturated heterocycles. The van der Waals surface area contributed by atoms with Gasteiger partial charge in [-0.05, 0) is 17.7 Å². The van der Waals surface area contributed by atoms with Gasteiger partial charge in [0.1, 0.15) is 5.75 Å². The van der Waals surface area contributed by atoms with Gasteiger partial charge in [-0.3, -0.25) is 15.0 Å². The van der Waals surface area contributed by atoms with Crippen LogP contribution in [-0.2, 0) is 6.54 Å². The van der Waals surface area contributed by atoms with E-state index in [-0.39, 0.29) is 28.6 Å². The molecule has 0 fully saturated rings. The number of hydrogen-bond donors (Lipinski definition) is 3. The average Bonchev–Trinajstić information content (AvgIpc) is 2.50. The Hall–Kier alpha value is -2.84. The van der Waals surface area contributed by atoms with Crippen molar-refractivity contribution in [1.82, 2.24) is 0 Å². The summed E-state index contributed by atoms with van der Waals surface area (Å²) in [6, 6.07) is 7.20. The van der Waals surface area contributed by atoms with Gasteiger partial charge in [0, 0.05) is 12.6 Å². The highest BCUT2D eigenvalue weighted by atomic mass is 35.5. The average molecular weight is 337 g/mol. The number of nitro groups is 1. The van der Waals surface area contributed by atoms with Crippen LogP contribution in [0.4, 0.5) is 21.9 Å². The Bertz CT molecular complexity index is 781. The summed E-state index contributed by atoms with van der Waals surface area (Å²) in [5.41, 5.74) is 11.4. The molecule has 0 heterocycles. The molecule has 0 aromatic heterocycles. The summed E-state index contributed by atoms with van der Waals surface area (Å²) in [7, 11) is 0. The van der Waals surface area contributed by atoms with Crippen molar-refractivity contribution in [2.24, 2.45) is 11.5 Å². The number of aromatic hydroxyl groups is 1. The van der Waals surface area contributed by atoms with E-state index in [1.165, 1.54) is 12.1 Å². The van der Waals surface area contributed by atoms with E-state index < -0.39 is 16.7 Å². The van der Waals surface area contributed by atoms with Gasteiger partial charge < -0.3 is 16.6 Å². The highest BCUT2D eigenvalue weighted by Crippen LogP contribution is 2.40. The number of nitrogens with two attached hydrogens (primary N) is 2. The van der Waals surface area contributed by atoms with E-state index in [1.807, 2.05) is 0 Å². The molecule has 0 unspecified atom stereocenters. The summed E-state index contributed by atoms with van der Waals surface area (Å²) in [5.74, 6) is -0.485. The molecule has 0 saturated carbocycles. The fourth-order valence-electron chi connectivity index (χ4n) is 2.14. The molecule has 0 bridgehead atoms. The molecule has 0 radical (unpaired) electrons. The fourth-order valence-corrected chi connectivity index (χ4v) is 2.42. The predicted molar refractivity (Wildman–Crippen MR) is 85.8 cm³/mol. The van der Waals surface area contributed by atoms with Crippen molar-refractivity contribution in [2.75, 3.05) is 4.90 Å². The number of nitrogens with zero attached hydrogens (tertiary/aromatic N) is 2. The molecule has 0 aliphatic rings. The molecule has 2 aromatic carbocycles. The predicted octanol–water partition coefficient (Wildman–Crippen LogP) is 2.63. The minimum atomic E-state index is -0.919. The summed E-state index contributed by atoms with van der Waals surface area (Å²) in [5, 5.41) is 21.0. The third kappa shape index (κ3) is 3.17. The number of non-ortho nitro benzene ring substituents is 1. The molecule has 2 rings (SSSR count). The van der Waals surface area contributed by atoms with E-state index in [4.69, 9.17) is 23.1 Å². The Morgan fingerprint density at radius 2 is 2.04 bits per heavy atom. The van der Waals surface area contributed by atoms with Crippen molar-refractivity contribution in [1.29, 1.82) is 0 Å². The normalized spacial score (nSPS) is 10.3. The summed E-state index contributed by atoms with van der Waals surface area (Å²) < 4.78 is 0. The van der Waals surface area contributed by atoms with Gasteiger partial charge in [0.2, 0.25) is 0 Å². The first-order valence-corrected chi connectivity index (χ1v) is 6.79. The van der Waals surface area contributed by atoms with Crippen molar-refractivity contribution in [2.45, 2.75) is 6.54 Å². The zero-order valence-electron chi connectivity index (χ0n) is 11.8. The number of nitro benzene ring substituents is 1. The Morgan fingerprint density at radius 3 is 2.57 bits per heavy atom. The molecular formula is C14H13ClN4O4. The van der Waals surface area contributed by atoms with Crippen molar-refractivity contribution >= 4 is 34.7 Å². The topological polar surface area (TPSA) is 136 Å². The van der Waals surface area contributed by atoms with Gasteiger partial charge in [-0.2, -0.15) is 0 Å². The highest BCUT2D eigenvalue weighted by molar-refractivity contribution is 6.34. The summed E-state index contributed by atoms with van der Waals surface area (Å²) >= 11 is 6.14. The third-order valence-electron chi connectivity index (χ3n) is 3.14. The first kappa shape index (κ1) is 16.5. The standard InChI is InChI=1S/C14H13ClN4O4/c15-10-3-1-2-8(7-16)13(10)18(14(17)21)11-5-4-9(19(22)23)6-12(11)20/h1-6,20H,7,16H2,(H2,17,21). The molecule has 0 aliphatic heterocycles. The minimum Gasteiger partial charge on any atom is -0.505 e. The van der Waals surface area contributed by atoms with Crippen LogP contribution >= 0.6 is 11.6 Å². The van der Waals surface area contributed by atoms with Crippen molar-refractivity contribution in [3.8, 4) is 5.75 Å². The second-order valence-electron chi connectivity index (χ2n) is 4.56. The maximum atomic E-state index is 11.9. The van der Waals surface area contributed by atoms with Crippen LogP contribution in [0.5, 0.6) is 5.75 Å². The molecule has 120 valence electrons. The third-order valence-corrected chi connectivity index (χ3v) is 3.45. The number of para-hydroxylation sites is 1. The van der Waals surface area contributed by atoms with Crippen LogP contribution < -0.4 is 16.4 Å². The number of hydrogen-bond acceptors (Lipinski definition) is 5.